The van der Waals surface area contributed by atoms with Crippen molar-refractivity contribution in [2.75, 3.05) is 0 Å². The lowest BCUT2D eigenvalue weighted by molar-refractivity contribution is 0.0660. The highest BCUT2D eigenvalue weighted by Crippen LogP contribution is 2.22. The fourth-order valence-electron chi connectivity index (χ4n) is 2.54. The molecule has 4 heteroatoms. The smallest absolute Gasteiger partial charge is 0.371 e. The molecular weight excluding hydrogens is 242 g/mol. The van der Waals surface area contributed by atoms with Gasteiger partial charge in [0.25, 0.3) is 0 Å². The zero-order chi connectivity index (χ0) is 13.2. The van der Waals surface area contributed by atoms with Crippen LogP contribution >= 0.6 is 0 Å². The minimum absolute atomic E-state index is 0.00786. The molecule has 0 radical (unpaired) electrons. The van der Waals surface area contributed by atoms with Crippen LogP contribution in [0.3, 0.4) is 0 Å². The summed E-state index contributed by atoms with van der Waals surface area (Å²) in [6.07, 6.45) is 2.03. The summed E-state index contributed by atoms with van der Waals surface area (Å²) in [4.78, 5) is 10.7. The van der Waals surface area contributed by atoms with Gasteiger partial charge in [-0.3, -0.25) is 0 Å². The quantitative estimate of drug-likeness (QED) is 0.881. The van der Waals surface area contributed by atoms with Crippen molar-refractivity contribution in [2.24, 2.45) is 0 Å². The zero-order valence-corrected chi connectivity index (χ0v) is 10.4. The van der Waals surface area contributed by atoms with Crippen molar-refractivity contribution in [1.29, 1.82) is 0 Å². The fourth-order valence-corrected chi connectivity index (χ4v) is 2.54. The van der Waals surface area contributed by atoms with Gasteiger partial charge in [-0.05, 0) is 36.1 Å². The van der Waals surface area contributed by atoms with Gasteiger partial charge in [0.05, 0.1) is 6.54 Å². The molecule has 0 fully saturated rings. The average molecular weight is 257 g/mol. The Labute approximate surface area is 111 Å². The van der Waals surface area contributed by atoms with Gasteiger partial charge >= 0.3 is 5.97 Å². The molecule has 0 aliphatic heterocycles. The minimum Gasteiger partial charge on any atom is -0.475 e. The molecule has 1 aromatic heterocycles. The van der Waals surface area contributed by atoms with Crippen molar-refractivity contribution < 1.29 is 14.3 Å². The van der Waals surface area contributed by atoms with Crippen LogP contribution in [0.15, 0.2) is 40.8 Å². The first kappa shape index (κ1) is 12.0. The lowest BCUT2D eigenvalue weighted by Gasteiger charge is -2.10. The van der Waals surface area contributed by atoms with Crippen LogP contribution in [0.2, 0.25) is 0 Å². The van der Waals surface area contributed by atoms with E-state index in [1.807, 2.05) is 0 Å². The van der Waals surface area contributed by atoms with Crippen molar-refractivity contribution in [3.8, 4) is 0 Å². The van der Waals surface area contributed by atoms with Gasteiger partial charge in [-0.25, -0.2) is 4.79 Å². The number of carbonyl (C=O) groups is 1. The SMILES string of the molecule is O=C(O)c1ccc(CNC2Cc3ccccc3C2)o1. The lowest BCUT2D eigenvalue weighted by atomic mass is 10.1. The van der Waals surface area contributed by atoms with Gasteiger partial charge in [0, 0.05) is 6.04 Å². The van der Waals surface area contributed by atoms with Gasteiger partial charge in [-0.2, -0.15) is 0 Å². The first-order valence-corrected chi connectivity index (χ1v) is 6.34. The topological polar surface area (TPSA) is 62.5 Å². The number of hydrogen-bond donors (Lipinski definition) is 2. The van der Waals surface area contributed by atoms with Crippen LogP contribution in [0.5, 0.6) is 0 Å². The molecule has 19 heavy (non-hydrogen) atoms. The third-order valence-electron chi connectivity index (χ3n) is 3.49. The molecule has 0 bridgehead atoms. The van der Waals surface area contributed by atoms with E-state index in [1.54, 1.807) is 6.07 Å². The lowest BCUT2D eigenvalue weighted by Crippen LogP contribution is -2.28. The highest BCUT2D eigenvalue weighted by molar-refractivity contribution is 5.84. The summed E-state index contributed by atoms with van der Waals surface area (Å²) < 4.78 is 5.22. The highest BCUT2D eigenvalue weighted by Gasteiger charge is 2.20. The van der Waals surface area contributed by atoms with Gasteiger partial charge in [-0.15, -0.1) is 0 Å². The Kier molecular flexibility index (Phi) is 3.09. The molecule has 1 heterocycles. The summed E-state index contributed by atoms with van der Waals surface area (Å²) in [5, 5.41) is 12.2. The van der Waals surface area contributed by atoms with E-state index in [-0.39, 0.29) is 5.76 Å². The summed E-state index contributed by atoms with van der Waals surface area (Å²) in [5.74, 6) is -0.376. The molecule has 2 aromatic rings. The molecule has 98 valence electrons. The molecule has 0 saturated heterocycles. The van der Waals surface area contributed by atoms with E-state index in [2.05, 4.69) is 29.6 Å². The van der Waals surface area contributed by atoms with Gasteiger partial charge in [-0.1, -0.05) is 24.3 Å². The van der Waals surface area contributed by atoms with Crippen molar-refractivity contribution in [3.05, 3.63) is 59.0 Å². The van der Waals surface area contributed by atoms with Crippen LogP contribution in [0.1, 0.15) is 27.4 Å². The molecule has 2 N–H and O–H groups in total. The monoisotopic (exact) mass is 257 g/mol. The highest BCUT2D eigenvalue weighted by atomic mass is 16.4. The normalized spacial score (nSPS) is 14.5. The van der Waals surface area contributed by atoms with Crippen LogP contribution in [0, 0.1) is 0 Å². The Morgan fingerprint density at radius 2 is 1.89 bits per heavy atom. The van der Waals surface area contributed by atoms with E-state index >= 15 is 0 Å². The number of benzene rings is 1. The number of rotatable bonds is 4. The molecular formula is C15H15NO3. The van der Waals surface area contributed by atoms with E-state index in [1.165, 1.54) is 17.2 Å². The molecule has 0 unspecified atom stereocenters. The molecule has 0 saturated carbocycles. The summed E-state index contributed by atoms with van der Waals surface area (Å²) >= 11 is 0. The van der Waals surface area contributed by atoms with E-state index in [9.17, 15) is 4.79 Å². The van der Waals surface area contributed by atoms with E-state index < -0.39 is 5.97 Å². The maximum atomic E-state index is 10.7. The number of carboxylic acids is 1. The van der Waals surface area contributed by atoms with Crippen molar-refractivity contribution in [3.63, 3.8) is 0 Å². The Bertz CT molecular complexity index is 578. The average Bonchev–Trinajstić information content (AvgIpc) is 3.02. The van der Waals surface area contributed by atoms with Crippen LogP contribution in [-0.2, 0) is 19.4 Å². The Balaban J connectivity index is 1.58. The van der Waals surface area contributed by atoms with E-state index in [0.29, 0.717) is 18.3 Å². The molecule has 3 rings (SSSR count). The second-order valence-electron chi connectivity index (χ2n) is 4.83. The molecule has 1 aromatic carbocycles. The van der Waals surface area contributed by atoms with Crippen LogP contribution in [0.25, 0.3) is 0 Å². The number of fused-ring (bicyclic) bond motifs is 1. The summed E-state index contributed by atoms with van der Waals surface area (Å²) in [6, 6.07) is 12.0. The van der Waals surface area contributed by atoms with E-state index in [0.717, 1.165) is 12.8 Å². The maximum Gasteiger partial charge on any atom is 0.371 e. The number of aromatic carboxylic acids is 1. The molecule has 0 amide bonds. The van der Waals surface area contributed by atoms with Gasteiger partial charge in [0.2, 0.25) is 5.76 Å². The number of carboxylic acid groups (broad SMARTS) is 1. The Morgan fingerprint density at radius 3 is 2.47 bits per heavy atom. The zero-order valence-electron chi connectivity index (χ0n) is 10.4. The maximum absolute atomic E-state index is 10.7. The summed E-state index contributed by atoms with van der Waals surface area (Å²) in [5.41, 5.74) is 2.79. The van der Waals surface area contributed by atoms with Crippen LogP contribution < -0.4 is 5.32 Å². The molecule has 1 aliphatic carbocycles. The third kappa shape index (κ3) is 2.53. The number of hydrogen-bond acceptors (Lipinski definition) is 3. The van der Waals surface area contributed by atoms with Crippen molar-refractivity contribution in [1.82, 2.24) is 5.32 Å². The van der Waals surface area contributed by atoms with Gasteiger partial charge < -0.3 is 14.8 Å². The largest absolute Gasteiger partial charge is 0.475 e. The van der Waals surface area contributed by atoms with Crippen LogP contribution in [-0.4, -0.2) is 17.1 Å². The standard InChI is InChI=1S/C15H15NO3/c17-15(18)14-6-5-13(19-14)9-16-12-7-10-3-1-2-4-11(10)8-12/h1-6,12,16H,7-9H2,(H,17,18). The van der Waals surface area contributed by atoms with E-state index in [4.69, 9.17) is 9.52 Å². The summed E-state index contributed by atoms with van der Waals surface area (Å²) in [7, 11) is 0. The first-order valence-electron chi connectivity index (χ1n) is 6.34. The second-order valence-corrected chi connectivity index (χ2v) is 4.83. The molecule has 4 nitrogen and oxygen atoms in total. The number of nitrogens with one attached hydrogen (secondary N) is 1. The van der Waals surface area contributed by atoms with Gasteiger partial charge in [0.15, 0.2) is 0 Å². The Morgan fingerprint density at radius 1 is 1.21 bits per heavy atom. The summed E-state index contributed by atoms with van der Waals surface area (Å²) in [6.45, 7) is 0.561. The second kappa shape index (κ2) is 4.90. The predicted molar refractivity (Wildman–Crippen MR) is 70.1 cm³/mol. The van der Waals surface area contributed by atoms with Crippen molar-refractivity contribution >= 4 is 5.97 Å². The van der Waals surface area contributed by atoms with Crippen molar-refractivity contribution in [2.45, 2.75) is 25.4 Å². The van der Waals surface area contributed by atoms with Gasteiger partial charge in [0.1, 0.15) is 5.76 Å². The van der Waals surface area contributed by atoms with Crippen LogP contribution in [0.4, 0.5) is 0 Å². The fraction of sp³-hybridized carbons (Fsp3) is 0.267. The predicted octanol–water partition coefficient (Wildman–Crippen LogP) is 2.23. The molecule has 0 spiro atoms. The minimum atomic E-state index is -1.03. The Hall–Kier alpha value is -2.07. The molecule has 0 atom stereocenters. The first-order chi connectivity index (χ1) is 9.22. The third-order valence-corrected chi connectivity index (χ3v) is 3.49. The molecule has 1 aliphatic rings. The number of furan rings is 1.